The molecule has 0 aromatic heterocycles. The molecule has 0 radical (unpaired) electrons. The monoisotopic (exact) mass is 454 g/mol. The summed E-state index contributed by atoms with van der Waals surface area (Å²) in [5, 5.41) is 12.5. The average Bonchev–Trinajstić information content (AvgIpc) is 3.03. The van der Waals surface area contributed by atoms with Gasteiger partial charge in [0, 0.05) is 26.2 Å². The Hall–Kier alpha value is -3.95. The number of urea groups is 1. The summed E-state index contributed by atoms with van der Waals surface area (Å²) < 4.78 is 13.3. The standard InChI is InChI=1S/C23H23FN4O5/c1-23(15-6-8-16(24)9-7-15)21(32)28(22(33)25-23)14-19(30)26-10-12-27(13-11-26)20(31)17-4-2-3-5-18(17)29/h2-9,29H,10-14H2,1H3,(H,25,33). The number of phenols is 1. The molecule has 0 saturated carbocycles. The molecule has 4 rings (SSSR count). The molecule has 2 aromatic rings. The van der Waals surface area contributed by atoms with E-state index in [0.29, 0.717) is 5.56 Å². The molecule has 10 heteroatoms. The molecule has 0 spiro atoms. The molecule has 9 nitrogen and oxygen atoms in total. The van der Waals surface area contributed by atoms with Crippen molar-refractivity contribution >= 4 is 23.8 Å². The van der Waals surface area contributed by atoms with Crippen LogP contribution in [0.15, 0.2) is 48.5 Å². The van der Waals surface area contributed by atoms with Gasteiger partial charge in [0.2, 0.25) is 5.91 Å². The molecule has 2 fully saturated rings. The van der Waals surface area contributed by atoms with Gasteiger partial charge >= 0.3 is 6.03 Å². The van der Waals surface area contributed by atoms with E-state index in [9.17, 15) is 28.7 Å². The number of hydrogen-bond donors (Lipinski definition) is 2. The second-order valence-electron chi connectivity index (χ2n) is 8.14. The SMILES string of the molecule is CC1(c2ccc(F)cc2)NC(=O)N(CC(=O)N2CCN(C(=O)c3ccccc3O)CC2)C1=O. The molecule has 2 N–H and O–H groups in total. The van der Waals surface area contributed by atoms with Gasteiger partial charge in [-0.05, 0) is 36.8 Å². The smallest absolute Gasteiger partial charge is 0.325 e. The Labute approximate surface area is 189 Å². The molecule has 1 unspecified atom stereocenters. The summed E-state index contributed by atoms with van der Waals surface area (Å²) in [7, 11) is 0. The number of para-hydroxylation sites is 1. The first kappa shape index (κ1) is 22.3. The number of nitrogens with zero attached hydrogens (tertiary/aromatic N) is 3. The molecule has 2 aliphatic heterocycles. The summed E-state index contributed by atoms with van der Waals surface area (Å²) >= 11 is 0. The molecule has 0 aliphatic carbocycles. The molecule has 2 heterocycles. The van der Waals surface area contributed by atoms with Crippen molar-refractivity contribution in [2.75, 3.05) is 32.7 Å². The van der Waals surface area contributed by atoms with Gasteiger partial charge in [0.05, 0.1) is 5.56 Å². The van der Waals surface area contributed by atoms with Crippen molar-refractivity contribution in [3.05, 3.63) is 65.5 Å². The van der Waals surface area contributed by atoms with E-state index in [0.717, 1.165) is 4.90 Å². The Kier molecular flexibility index (Phi) is 5.75. The molecule has 2 aliphatic rings. The van der Waals surface area contributed by atoms with E-state index in [1.165, 1.54) is 53.1 Å². The van der Waals surface area contributed by atoms with Gasteiger partial charge in [-0.1, -0.05) is 24.3 Å². The fraction of sp³-hybridized carbons (Fsp3) is 0.304. The first-order chi connectivity index (χ1) is 15.7. The number of nitrogens with one attached hydrogen (secondary N) is 1. The fourth-order valence-corrected chi connectivity index (χ4v) is 4.04. The number of phenolic OH excluding ortho intramolecular Hbond substituents is 1. The van der Waals surface area contributed by atoms with Crippen molar-refractivity contribution in [1.29, 1.82) is 0 Å². The summed E-state index contributed by atoms with van der Waals surface area (Å²) in [6, 6.07) is 10.8. The van der Waals surface area contributed by atoms with Crippen molar-refractivity contribution in [3.63, 3.8) is 0 Å². The number of piperazine rings is 1. The minimum absolute atomic E-state index is 0.108. The topological polar surface area (TPSA) is 110 Å². The van der Waals surface area contributed by atoms with Crippen LogP contribution in [0.4, 0.5) is 9.18 Å². The molecule has 0 bridgehead atoms. The molecular formula is C23H23FN4O5. The van der Waals surface area contributed by atoms with Gasteiger partial charge in [-0.2, -0.15) is 0 Å². The minimum Gasteiger partial charge on any atom is -0.507 e. The Morgan fingerprint density at radius 1 is 1.00 bits per heavy atom. The maximum absolute atomic E-state index is 13.3. The van der Waals surface area contributed by atoms with Crippen LogP contribution >= 0.6 is 0 Å². The molecule has 33 heavy (non-hydrogen) atoms. The lowest BCUT2D eigenvalue weighted by molar-refractivity contribution is -0.139. The van der Waals surface area contributed by atoms with Crippen molar-refractivity contribution < 1.29 is 28.7 Å². The summed E-state index contributed by atoms with van der Waals surface area (Å²) in [6.07, 6.45) is 0. The average molecular weight is 454 g/mol. The molecule has 2 saturated heterocycles. The van der Waals surface area contributed by atoms with Gasteiger partial charge in [-0.25, -0.2) is 9.18 Å². The molecular weight excluding hydrogens is 431 g/mol. The van der Waals surface area contributed by atoms with Gasteiger partial charge in [0.1, 0.15) is 23.7 Å². The van der Waals surface area contributed by atoms with Crippen molar-refractivity contribution in [3.8, 4) is 5.75 Å². The van der Waals surface area contributed by atoms with Gasteiger partial charge in [-0.3, -0.25) is 19.3 Å². The van der Waals surface area contributed by atoms with E-state index >= 15 is 0 Å². The van der Waals surface area contributed by atoms with Gasteiger partial charge < -0.3 is 20.2 Å². The Bertz CT molecular complexity index is 1110. The number of amides is 5. The number of rotatable bonds is 4. The van der Waals surface area contributed by atoms with Crippen LogP contribution in [0.2, 0.25) is 0 Å². The zero-order chi connectivity index (χ0) is 23.8. The number of benzene rings is 2. The second kappa shape index (κ2) is 8.53. The van der Waals surface area contributed by atoms with E-state index in [1.807, 2.05) is 0 Å². The van der Waals surface area contributed by atoms with Gasteiger partial charge in [0.25, 0.3) is 11.8 Å². The summed E-state index contributed by atoms with van der Waals surface area (Å²) in [4.78, 5) is 54.7. The quantitative estimate of drug-likeness (QED) is 0.677. The molecule has 1 atom stereocenters. The van der Waals surface area contributed by atoms with E-state index in [2.05, 4.69) is 5.32 Å². The first-order valence-corrected chi connectivity index (χ1v) is 10.5. The Morgan fingerprint density at radius 3 is 2.24 bits per heavy atom. The highest BCUT2D eigenvalue weighted by atomic mass is 19.1. The number of carbonyl (C=O) groups excluding carboxylic acids is 4. The van der Waals surface area contributed by atoms with Crippen LogP contribution in [0, 0.1) is 5.82 Å². The highest BCUT2D eigenvalue weighted by molar-refractivity contribution is 6.09. The van der Waals surface area contributed by atoms with Crippen LogP contribution in [0.25, 0.3) is 0 Å². The number of carbonyl (C=O) groups is 4. The largest absolute Gasteiger partial charge is 0.507 e. The van der Waals surface area contributed by atoms with E-state index in [4.69, 9.17) is 0 Å². The Balaban J connectivity index is 1.38. The van der Waals surface area contributed by atoms with Gasteiger partial charge in [0.15, 0.2) is 0 Å². The normalized spacial score (nSPS) is 20.7. The predicted molar refractivity (Wildman–Crippen MR) is 115 cm³/mol. The van der Waals surface area contributed by atoms with Crippen LogP contribution in [0.3, 0.4) is 0 Å². The lowest BCUT2D eigenvalue weighted by atomic mass is 9.92. The third-order valence-electron chi connectivity index (χ3n) is 6.04. The fourth-order valence-electron chi connectivity index (χ4n) is 4.04. The minimum atomic E-state index is -1.39. The number of hydrogen-bond acceptors (Lipinski definition) is 5. The van der Waals surface area contributed by atoms with Crippen molar-refractivity contribution in [2.45, 2.75) is 12.5 Å². The third kappa shape index (κ3) is 4.11. The van der Waals surface area contributed by atoms with E-state index in [1.54, 1.807) is 12.1 Å². The predicted octanol–water partition coefficient (Wildman–Crippen LogP) is 1.28. The number of imide groups is 1. The first-order valence-electron chi connectivity index (χ1n) is 10.5. The van der Waals surface area contributed by atoms with Crippen LogP contribution < -0.4 is 5.32 Å². The molecule has 5 amide bonds. The number of halogens is 1. The second-order valence-corrected chi connectivity index (χ2v) is 8.14. The summed E-state index contributed by atoms with van der Waals surface area (Å²) in [5.41, 5.74) is -0.793. The summed E-state index contributed by atoms with van der Waals surface area (Å²) in [5.74, 6) is -1.92. The van der Waals surface area contributed by atoms with E-state index in [-0.39, 0.29) is 43.4 Å². The highest BCUT2D eigenvalue weighted by Crippen LogP contribution is 2.29. The molecule has 172 valence electrons. The maximum atomic E-state index is 13.3. The van der Waals surface area contributed by atoms with Crippen LogP contribution in [0.5, 0.6) is 5.75 Å². The maximum Gasteiger partial charge on any atom is 0.325 e. The van der Waals surface area contributed by atoms with Crippen LogP contribution in [0.1, 0.15) is 22.8 Å². The lowest BCUT2D eigenvalue weighted by Gasteiger charge is -2.35. The van der Waals surface area contributed by atoms with Crippen LogP contribution in [-0.2, 0) is 15.1 Å². The zero-order valence-electron chi connectivity index (χ0n) is 18.0. The third-order valence-corrected chi connectivity index (χ3v) is 6.04. The van der Waals surface area contributed by atoms with Gasteiger partial charge in [-0.15, -0.1) is 0 Å². The van der Waals surface area contributed by atoms with E-state index < -0.39 is 35.7 Å². The zero-order valence-corrected chi connectivity index (χ0v) is 18.0. The highest BCUT2D eigenvalue weighted by Gasteiger charge is 2.49. The number of aromatic hydroxyl groups is 1. The summed E-state index contributed by atoms with van der Waals surface area (Å²) in [6.45, 7) is 2.05. The lowest BCUT2D eigenvalue weighted by Crippen LogP contribution is -2.53. The van der Waals surface area contributed by atoms with Crippen molar-refractivity contribution in [1.82, 2.24) is 20.0 Å². The van der Waals surface area contributed by atoms with Crippen molar-refractivity contribution in [2.24, 2.45) is 0 Å². The Morgan fingerprint density at radius 2 is 1.61 bits per heavy atom. The van der Waals surface area contributed by atoms with Crippen LogP contribution in [-0.4, -0.2) is 76.3 Å². The molecule has 2 aromatic carbocycles.